The maximum absolute atomic E-state index is 12.8. The van der Waals surface area contributed by atoms with Gasteiger partial charge in [-0.25, -0.2) is 4.39 Å². The van der Waals surface area contributed by atoms with Crippen molar-refractivity contribution in [2.75, 3.05) is 19.0 Å². The Morgan fingerprint density at radius 1 is 0.889 bits per heavy atom. The lowest BCUT2D eigenvalue weighted by atomic mass is 10.3. The molecule has 0 aromatic heterocycles. The van der Waals surface area contributed by atoms with Crippen molar-refractivity contribution < 1.29 is 8.94 Å². The van der Waals surface area contributed by atoms with E-state index in [0.717, 1.165) is 5.69 Å². The van der Waals surface area contributed by atoms with Gasteiger partial charge in [0, 0.05) is 31.0 Å². The van der Waals surface area contributed by atoms with Crippen LogP contribution in [0.15, 0.2) is 58.3 Å². The fourth-order valence-electron chi connectivity index (χ4n) is 1.56. The summed E-state index contributed by atoms with van der Waals surface area (Å²) in [4.78, 5) is 3.30. The molecule has 0 aliphatic carbocycles. The largest absolute Gasteiger partial charge is 0.606 e. The molecule has 0 fully saturated rings. The summed E-state index contributed by atoms with van der Waals surface area (Å²) in [7, 11) is 3.90. The van der Waals surface area contributed by atoms with E-state index in [4.69, 9.17) is 0 Å². The molecule has 18 heavy (non-hydrogen) atoms. The monoisotopic (exact) mass is 263 g/mol. The van der Waals surface area contributed by atoms with Gasteiger partial charge in [0.15, 0.2) is 9.79 Å². The van der Waals surface area contributed by atoms with Gasteiger partial charge in [-0.15, -0.1) is 0 Å². The number of halogens is 1. The van der Waals surface area contributed by atoms with Gasteiger partial charge in [0.2, 0.25) is 0 Å². The highest BCUT2D eigenvalue weighted by Gasteiger charge is 2.14. The van der Waals surface area contributed by atoms with Crippen molar-refractivity contribution in [3.05, 3.63) is 54.3 Å². The summed E-state index contributed by atoms with van der Waals surface area (Å²) in [5, 5.41) is 0. The number of hydrogen-bond donors (Lipinski definition) is 0. The molecule has 0 radical (unpaired) electrons. The van der Waals surface area contributed by atoms with E-state index >= 15 is 0 Å². The second kappa shape index (κ2) is 5.42. The second-order valence-electron chi connectivity index (χ2n) is 4.11. The van der Waals surface area contributed by atoms with Crippen LogP contribution < -0.4 is 4.90 Å². The number of anilines is 1. The van der Waals surface area contributed by atoms with Crippen LogP contribution in [0, 0.1) is 5.82 Å². The highest BCUT2D eigenvalue weighted by Crippen LogP contribution is 2.23. The maximum Gasteiger partial charge on any atom is 0.158 e. The first kappa shape index (κ1) is 12.9. The van der Waals surface area contributed by atoms with Gasteiger partial charge in [-0.2, -0.15) is 0 Å². The van der Waals surface area contributed by atoms with E-state index in [1.165, 1.54) is 12.1 Å². The number of benzene rings is 2. The van der Waals surface area contributed by atoms with Crippen molar-refractivity contribution in [3.8, 4) is 0 Å². The van der Waals surface area contributed by atoms with Gasteiger partial charge in [0.1, 0.15) is 5.82 Å². The number of hydrogen-bond acceptors (Lipinski definition) is 2. The van der Waals surface area contributed by atoms with Crippen molar-refractivity contribution >= 4 is 16.9 Å². The second-order valence-corrected chi connectivity index (χ2v) is 5.59. The molecule has 4 heteroatoms. The Balaban J connectivity index is 2.23. The molecule has 2 nitrogen and oxygen atoms in total. The van der Waals surface area contributed by atoms with Gasteiger partial charge in [-0.1, -0.05) is 0 Å². The van der Waals surface area contributed by atoms with Crippen LogP contribution in [0.4, 0.5) is 10.1 Å². The molecule has 0 aliphatic rings. The SMILES string of the molecule is CN(C)c1ccc([S+]([O-])c2ccc(F)cc2)cc1. The minimum atomic E-state index is -1.26. The average Bonchev–Trinajstić information content (AvgIpc) is 2.39. The Bertz CT molecular complexity index is 510. The summed E-state index contributed by atoms with van der Waals surface area (Å²) in [6.07, 6.45) is 0. The van der Waals surface area contributed by atoms with E-state index in [-0.39, 0.29) is 5.82 Å². The van der Waals surface area contributed by atoms with E-state index in [2.05, 4.69) is 0 Å². The summed E-state index contributed by atoms with van der Waals surface area (Å²) in [6.45, 7) is 0. The molecule has 1 atom stereocenters. The Kier molecular flexibility index (Phi) is 3.89. The van der Waals surface area contributed by atoms with Crippen LogP contribution in [0.25, 0.3) is 0 Å². The molecule has 0 aliphatic heterocycles. The van der Waals surface area contributed by atoms with Crippen LogP contribution >= 0.6 is 0 Å². The zero-order chi connectivity index (χ0) is 13.1. The van der Waals surface area contributed by atoms with Gasteiger partial charge in [0.25, 0.3) is 0 Å². The smallest absolute Gasteiger partial charge is 0.158 e. The third-order valence-electron chi connectivity index (χ3n) is 2.59. The molecule has 1 unspecified atom stereocenters. The minimum absolute atomic E-state index is 0.321. The normalized spacial score (nSPS) is 12.2. The number of rotatable bonds is 3. The molecule has 0 spiro atoms. The maximum atomic E-state index is 12.8. The van der Waals surface area contributed by atoms with Crippen LogP contribution in [0.1, 0.15) is 0 Å². The van der Waals surface area contributed by atoms with E-state index in [1.54, 1.807) is 12.1 Å². The lowest BCUT2D eigenvalue weighted by molar-refractivity contribution is 0.593. The predicted octanol–water partition coefficient (Wildman–Crippen LogP) is 3.06. The molecule has 0 heterocycles. The minimum Gasteiger partial charge on any atom is -0.606 e. The van der Waals surface area contributed by atoms with Crippen LogP contribution in [-0.2, 0) is 11.2 Å². The highest BCUT2D eigenvalue weighted by atomic mass is 32.2. The van der Waals surface area contributed by atoms with Crippen molar-refractivity contribution in [2.45, 2.75) is 9.79 Å². The van der Waals surface area contributed by atoms with Crippen LogP contribution in [-0.4, -0.2) is 18.6 Å². The first-order valence-electron chi connectivity index (χ1n) is 5.52. The highest BCUT2D eigenvalue weighted by molar-refractivity contribution is 7.91. The molecular weight excluding hydrogens is 249 g/mol. The summed E-state index contributed by atoms with van der Waals surface area (Å²) >= 11 is -1.26. The van der Waals surface area contributed by atoms with Crippen molar-refractivity contribution in [1.82, 2.24) is 0 Å². The van der Waals surface area contributed by atoms with E-state index in [9.17, 15) is 8.94 Å². The fraction of sp³-hybridized carbons (Fsp3) is 0.143. The topological polar surface area (TPSA) is 26.3 Å². The van der Waals surface area contributed by atoms with E-state index in [0.29, 0.717) is 9.79 Å². The molecule has 94 valence electrons. The summed E-state index contributed by atoms with van der Waals surface area (Å²) < 4.78 is 25.0. The third kappa shape index (κ3) is 2.83. The van der Waals surface area contributed by atoms with E-state index < -0.39 is 11.2 Å². The van der Waals surface area contributed by atoms with E-state index in [1.807, 2.05) is 43.3 Å². The quantitative estimate of drug-likeness (QED) is 0.796. The van der Waals surface area contributed by atoms with Crippen molar-refractivity contribution in [1.29, 1.82) is 0 Å². The predicted molar refractivity (Wildman–Crippen MR) is 71.8 cm³/mol. The van der Waals surface area contributed by atoms with Gasteiger partial charge in [-0.3, -0.25) is 0 Å². The third-order valence-corrected chi connectivity index (χ3v) is 4.00. The molecule has 2 aromatic rings. The molecule has 0 saturated heterocycles. The van der Waals surface area contributed by atoms with Gasteiger partial charge in [-0.05, 0) is 48.5 Å². The average molecular weight is 263 g/mol. The molecule has 0 saturated carbocycles. The molecule has 2 rings (SSSR count). The Hall–Kier alpha value is -1.52. The van der Waals surface area contributed by atoms with Crippen LogP contribution in [0.5, 0.6) is 0 Å². The lowest BCUT2D eigenvalue weighted by Gasteiger charge is -2.14. The fourth-order valence-corrected chi connectivity index (χ4v) is 2.60. The Labute approximate surface area is 109 Å². The van der Waals surface area contributed by atoms with Crippen LogP contribution in [0.2, 0.25) is 0 Å². The van der Waals surface area contributed by atoms with Gasteiger partial charge >= 0.3 is 0 Å². The standard InChI is InChI=1S/C14H14FNOS/c1-16(2)12-5-9-14(10-6-12)18(17)13-7-3-11(15)4-8-13/h3-10H,1-2H3. The first-order valence-corrected chi connectivity index (χ1v) is 6.67. The Morgan fingerprint density at radius 2 is 1.33 bits per heavy atom. The molecule has 2 aromatic carbocycles. The molecule has 0 bridgehead atoms. The molecule has 0 amide bonds. The van der Waals surface area contributed by atoms with Gasteiger partial charge in [0.05, 0.1) is 0 Å². The zero-order valence-corrected chi connectivity index (χ0v) is 11.1. The summed E-state index contributed by atoms with van der Waals surface area (Å²) in [5.41, 5.74) is 1.05. The summed E-state index contributed by atoms with van der Waals surface area (Å²) in [6, 6.07) is 13.2. The molecule has 0 N–H and O–H groups in total. The van der Waals surface area contributed by atoms with Crippen molar-refractivity contribution in [3.63, 3.8) is 0 Å². The van der Waals surface area contributed by atoms with Gasteiger partial charge < -0.3 is 9.45 Å². The first-order chi connectivity index (χ1) is 8.58. The lowest BCUT2D eigenvalue weighted by Crippen LogP contribution is -2.09. The van der Waals surface area contributed by atoms with Crippen molar-refractivity contribution in [2.24, 2.45) is 0 Å². The summed E-state index contributed by atoms with van der Waals surface area (Å²) in [5.74, 6) is -0.321. The number of nitrogens with zero attached hydrogens (tertiary/aromatic N) is 1. The zero-order valence-electron chi connectivity index (χ0n) is 10.3. The van der Waals surface area contributed by atoms with Crippen LogP contribution in [0.3, 0.4) is 0 Å². The molecular formula is C14H14FNOS. The Morgan fingerprint density at radius 3 is 1.78 bits per heavy atom.